The van der Waals surface area contributed by atoms with E-state index in [1.807, 2.05) is 0 Å². The molecule has 6 heavy (non-hydrogen) atoms. The van der Waals surface area contributed by atoms with Crippen molar-refractivity contribution in [1.29, 1.82) is 0 Å². The molecule has 0 atom stereocenters. The molecule has 4 heteroatoms. The minimum absolute atomic E-state index is 0.771. The molecule has 34 valence electrons. The van der Waals surface area contributed by atoms with Crippen LogP contribution < -0.4 is 0 Å². The molecule has 0 aliphatic rings. The van der Waals surface area contributed by atoms with Gasteiger partial charge in [0, 0.05) is 12.4 Å². The van der Waals surface area contributed by atoms with Gasteiger partial charge in [0.25, 0.3) is 0 Å². The first kappa shape index (κ1) is 4.94. The normalized spacial score (nSPS) is 11.3. The zero-order chi connectivity index (χ0) is 4.83. The Labute approximate surface area is 34.4 Å². The molecule has 0 saturated carbocycles. The Hall–Kier alpha value is -1.06. The van der Waals surface area contributed by atoms with Crippen LogP contribution in [0.3, 0.4) is 0 Å². The van der Waals surface area contributed by atoms with Gasteiger partial charge in [0.2, 0.25) is 0 Å². The molecule has 0 rings (SSSR count). The van der Waals surface area contributed by atoms with Crippen molar-refractivity contribution in [3.8, 4) is 0 Å². The third kappa shape index (κ3) is 2.94. The van der Waals surface area contributed by atoms with Gasteiger partial charge in [-0.25, -0.2) is 0 Å². The first-order valence-corrected chi connectivity index (χ1v) is 1.21. The van der Waals surface area contributed by atoms with E-state index in [9.17, 15) is 0 Å². The Morgan fingerprint density at radius 3 is 1.50 bits per heavy atom. The highest BCUT2D eigenvalue weighted by atomic mass is 16.4. The molecule has 0 aromatic carbocycles. The van der Waals surface area contributed by atoms with E-state index in [1.165, 1.54) is 0 Å². The van der Waals surface area contributed by atoms with Gasteiger partial charge in [-0.15, -0.1) is 0 Å². The van der Waals surface area contributed by atoms with Gasteiger partial charge in [-0.2, -0.15) is 0 Å². The molecule has 0 unspecified atom stereocenters. The van der Waals surface area contributed by atoms with E-state index < -0.39 is 0 Å². The molecule has 0 spiro atoms. The van der Waals surface area contributed by atoms with Gasteiger partial charge in [0.05, 0.1) is 0 Å². The summed E-state index contributed by atoms with van der Waals surface area (Å²) in [5.41, 5.74) is 0. The van der Waals surface area contributed by atoms with Crippen LogP contribution in [0.4, 0.5) is 0 Å². The van der Waals surface area contributed by atoms with Crippen LogP contribution in [-0.4, -0.2) is 12.4 Å². The molecule has 0 aromatic heterocycles. The molecule has 0 amide bonds. The fourth-order valence-corrected chi connectivity index (χ4v) is 0.0544. The highest BCUT2D eigenvalue weighted by Gasteiger charge is 1.42. The van der Waals surface area contributed by atoms with E-state index in [4.69, 9.17) is 10.4 Å². The SMILES string of the molecule is [O-]N=CC=N[O-]. The van der Waals surface area contributed by atoms with Crippen molar-refractivity contribution in [3.05, 3.63) is 10.4 Å². The van der Waals surface area contributed by atoms with E-state index in [-0.39, 0.29) is 0 Å². The lowest BCUT2D eigenvalue weighted by Gasteiger charge is -1.84. The molecular formula is C2H2N2O2-2. The van der Waals surface area contributed by atoms with Crippen molar-refractivity contribution in [2.45, 2.75) is 0 Å². The van der Waals surface area contributed by atoms with E-state index in [0.29, 0.717) is 0 Å². The lowest BCUT2D eigenvalue weighted by Crippen LogP contribution is -1.67. The van der Waals surface area contributed by atoms with E-state index in [1.54, 1.807) is 0 Å². The summed E-state index contributed by atoms with van der Waals surface area (Å²) in [5.74, 6) is 0. The lowest BCUT2D eigenvalue weighted by atomic mass is 10.8. The van der Waals surface area contributed by atoms with Crippen molar-refractivity contribution >= 4 is 12.4 Å². The van der Waals surface area contributed by atoms with Gasteiger partial charge >= 0.3 is 0 Å². The van der Waals surface area contributed by atoms with Crippen LogP contribution in [0.2, 0.25) is 0 Å². The van der Waals surface area contributed by atoms with Crippen molar-refractivity contribution in [1.82, 2.24) is 0 Å². The van der Waals surface area contributed by atoms with Crippen LogP contribution in [0.15, 0.2) is 10.3 Å². The molecule has 0 radical (unpaired) electrons. The molecule has 0 saturated heterocycles. The number of rotatable bonds is 1. The Kier molecular flexibility index (Phi) is 3.24. The predicted molar refractivity (Wildman–Crippen MR) is 23.7 cm³/mol. The molecule has 0 aromatic rings. The van der Waals surface area contributed by atoms with Gasteiger partial charge in [-0.05, 0) is 0 Å². The maximum atomic E-state index is 9.03. The van der Waals surface area contributed by atoms with E-state index in [2.05, 4.69) is 10.3 Å². The zero-order valence-corrected chi connectivity index (χ0v) is 2.87. The Bertz CT molecular complexity index is 57.9. The zero-order valence-electron chi connectivity index (χ0n) is 2.87. The average molecular weight is 86.0 g/mol. The van der Waals surface area contributed by atoms with E-state index >= 15 is 0 Å². The van der Waals surface area contributed by atoms with Crippen LogP contribution in [0, 0.1) is 10.4 Å². The summed E-state index contributed by atoms with van der Waals surface area (Å²) in [5, 5.41) is 22.5. The molecule has 0 aliphatic carbocycles. The molecule has 0 fully saturated rings. The quantitative estimate of drug-likeness (QED) is 0.336. The van der Waals surface area contributed by atoms with Crippen molar-refractivity contribution in [2.75, 3.05) is 0 Å². The summed E-state index contributed by atoms with van der Waals surface area (Å²) >= 11 is 0. The lowest BCUT2D eigenvalue weighted by molar-refractivity contribution is 1.64. The largest absolute Gasteiger partial charge is 0.792 e. The maximum absolute atomic E-state index is 9.03. The van der Waals surface area contributed by atoms with Crippen LogP contribution in [0.5, 0.6) is 0 Å². The van der Waals surface area contributed by atoms with Crippen LogP contribution in [0.25, 0.3) is 0 Å². The van der Waals surface area contributed by atoms with Crippen LogP contribution >= 0.6 is 0 Å². The third-order valence-electron chi connectivity index (χ3n) is 0.188. The van der Waals surface area contributed by atoms with Crippen LogP contribution in [0.1, 0.15) is 0 Å². The number of hydrogen-bond donors (Lipinski definition) is 0. The minimum atomic E-state index is 0.771. The Morgan fingerprint density at radius 1 is 1.00 bits per heavy atom. The van der Waals surface area contributed by atoms with Gasteiger partial charge in [-0.3, -0.25) is 0 Å². The van der Waals surface area contributed by atoms with Crippen molar-refractivity contribution in [2.24, 2.45) is 10.3 Å². The second-order valence-electron chi connectivity index (χ2n) is 0.509. The summed E-state index contributed by atoms with van der Waals surface area (Å²) in [6.07, 6.45) is 1.54. The first-order valence-electron chi connectivity index (χ1n) is 1.21. The molecule has 0 aliphatic heterocycles. The summed E-state index contributed by atoms with van der Waals surface area (Å²) in [6.45, 7) is 0. The molecule has 0 bridgehead atoms. The fourth-order valence-electron chi connectivity index (χ4n) is 0.0544. The van der Waals surface area contributed by atoms with Gasteiger partial charge in [-0.1, -0.05) is 0 Å². The van der Waals surface area contributed by atoms with Crippen LogP contribution in [-0.2, 0) is 0 Å². The fraction of sp³-hybridized carbons (Fsp3) is 0. The molecule has 0 heterocycles. The van der Waals surface area contributed by atoms with Crippen molar-refractivity contribution < 1.29 is 0 Å². The summed E-state index contributed by atoms with van der Waals surface area (Å²) in [7, 11) is 0. The maximum Gasteiger partial charge on any atom is 0.0332 e. The predicted octanol–water partition coefficient (Wildman–Crippen LogP) is 0.124. The summed E-state index contributed by atoms with van der Waals surface area (Å²) in [6, 6.07) is 0. The summed E-state index contributed by atoms with van der Waals surface area (Å²) in [4.78, 5) is 0. The second-order valence-corrected chi connectivity index (χ2v) is 0.509. The average Bonchev–Trinajstić information content (AvgIpc) is 1.61. The third-order valence-corrected chi connectivity index (χ3v) is 0.188. The second kappa shape index (κ2) is 3.94. The van der Waals surface area contributed by atoms with E-state index in [0.717, 1.165) is 12.4 Å². The highest BCUT2D eigenvalue weighted by molar-refractivity contribution is 6.16. The standard InChI is InChI=1S/C2H4N2O2/c5-3-1-2-4-6/h1-2,5-6H/p-2. The highest BCUT2D eigenvalue weighted by Crippen LogP contribution is 1.51. The topological polar surface area (TPSA) is 70.8 Å². The Balaban J connectivity index is 3.07. The van der Waals surface area contributed by atoms with Gasteiger partial charge in [0.15, 0.2) is 0 Å². The molecule has 0 N–H and O–H groups in total. The van der Waals surface area contributed by atoms with Gasteiger partial charge < -0.3 is 20.7 Å². The Morgan fingerprint density at radius 2 is 1.33 bits per heavy atom. The minimum Gasteiger partial charge on any atom is -0.792 e. The van der Waals surface area contributed by atoms with Crippen molar-refractivity contribution in [3.63, 3.8) is 0 Å². The molecule has 4 nitrogen and oxygen atoms in total. The van der Waals surface area contributed by atoms with Gasteiger partial charge in [0.1, 0.15) is 0 Å². The first-order chi connectivity index (χ1) is 2.91. The monoisotopic (exact) mass is 86.0 g/mol. The summed E-state index contributed by atoms with van der Waals surface area (Å²) < 4.78 is 0. The number of nitrogens with zero attached hydrogens (tertiary/aromatic N) is 2. The smallest absolute Gasteiger partial charge is 0.0332 e. The number of hydrogen-bond acceptors (Lipinski definition) is 4. The molecular weight excluding hydrogens is 84.0 g/mol.